The molecule has 0 aliphatic carbocycles. The highest BCUT2D eigenvalue weighted by Crippen LogP contribution is 2.24. The molecule has 2 aromatic rings. The molecule has 0 atom stereocenters. The molecule has 6 nitrogen and oxygen atoms in total. The molecule has 1 aromatic heterocycles. The Kier molecular flexibility index (Phi) is 4.87. The number of rotatable bonds is 5. The Balaban J connectivity index is 1.94. The Morgan fingerprint density at radius 2 is 2.29 bits per heavy atom. The second kappa shape index (κ2) is 6.64. The number of hydrogen-bond donors (Lipinski definition) is 1. The average molecular weight is 326 g/mol. The lowest BCUT2D eigenvalue weighted by Gasteiger charge is -2.04. The first-order valence-corrected chi connectivity index (χ1v) is 7.36. The van der Waals surface area contributed by atoms with Gasteiger partial charge in [0.05, 0.1) is 9.93 Å². The first kappa shape index (κ1) is 15.4. The number of nitrogens with zero attached hydrogens (tertiary/aromatic N) is 2. The van der Waals surface area contributed by atoms with E-state index in [1.54, 1.807) is 11.3 Å². The van der Waals surface area contributed by atoms with Crippen molar-refractivity contribution >= 4 is 34.5 Å². The molecule has 0 spiro atoms. The van der Waals surface area contributed by atoms with Crippen LogP contribution in [0.2, 0.25) is 5.02 Å². The number of nitrogens with one attached hydrogen (secondary N) is 1. The van der Waals surface area contributed by atoms with Gasteiger partial charge < -0.3 is 5.32 Å². The molecular weight excluding hydrogens is 314 g/mol. The molecule has 0 unspecified atom stereocenters. The molecule has 1 N–H and O–H groups in total. The highest BCUT2D eigenvalue weighted by atomic mass is 35.5. The fraction of sp³-hybridized carbons (Fsp3) is 0.231. The minimum Gasteiger partial charge on any atom is -0.352 e. The molecule has 0 aliphatic rings. The Morgan fingerprint density at radius 1 is 1.52 bits per heavy atom. The number of nitro groups is 1. The summed E-state index contributed by atoms with van der Waals surface area (Å²) in [6, 6.07) is 3.90. The van der Waals surface area contributed by atoms with Crippen LogP contribution < -0.4 is 5.32 Å². The number of benzene rings is 1. The molecule has 0 saturated carbocycles. The average Bonchev–Trinajstić information content (AvgIpc) is 2.83. The van der Waals surface area contributed by atoms with Crippen LogP contribution in [0, 0.1) is 17.0 Å². The standard InChI is InChI=1S/C13H12ClN3O3S/c1-8-7-21-12(16-8)4-5-15-13(18)9-2-3-11(17(19)20)10(14)6-9/h2-3,6-7H,4-5H2,1H3,(H,15,18). The predicted octanol–water partition coefficient (Wildman–Crippen LogP) is 2.99. The number of hydrogen-bond acceptors (Lipinski definition) is 5. The van der Waals surface area contributed by atoms with Crippen molar-refractivity contribution in [2.45, 2.75) is 13.3 Å². The molecule has 2 rings (SSSR count). The summed E-state index contributed by atoms with van der Waals surface area (Å²) in [5.74, 6) is -0.319. The van der Waals surface area contributed by atoms with Gasteiger partial charge in [-0.1, -0.05) is 11.6 Å². The van der Waals surface area contributed by atoms with Crippen LogP contribution in [0.1, 0.15) is 21.1 Å². The van der Waals surface area contributed by atoms with E-state index >= 15 is 0 Å². The van der Waals surface area contributed by atoms with Gasteiger partial charge in [0.15, 0.2) is 0 Å². The molecule has 0 radical (unpaired) electrons. The third kappa shape index (κ3) is 3.99. The molecular formula is C13H12ClN3O3S. The number of nitro benzene ring substituents is 1. The van der Waals surface area contributed by atoms with E-state index in [1.165, 1.54) is 18.2 Å². The Hall–Kier alpha value is -1.99. The van der Waals surface area contributed by atoms with E-state index in [1.807, 2.05) is 12.3 Å². The number of carbonyl (C=O) groups excluding carboxylic acids is 1. The number of aryl methyl sites for hydroxylation is 1. The van der Waals surface area contributed by atoms with Crippen LogP contribution in [0.5, 0.6) is 0 Å². The molecule has 8 heteroatoms. The first-order valence-electron chi connectivity index (χ1n) is 6.10. The van der Waals surface area contributed by atoms with Crippen molar-refractivity contribution in [2.75, 3.05) is 6.54 Å². The predicted molar refractivity (Wildman–Crippen MR) is 81.0 cm³/mol. The zero-order valence-electron chi connectivity index (χ0n) is 11.1. The summed E-state index contributed by atoms with van der Waals surface area (Å²) in [7, 11) is 0. The van der Waals surface area contributed by atoms with Crippen LogP contribution in [-0.2, 0) is 6.42 Å². The van der Waals surface area contributed by atoms with Crippen molar-refractivity contribution in [3.63, 3.8) is 0 Å². The summed E-state index contributed by atoms with van der Waals surface area (Å²) in [4.78, 5) is 26.3. The van der Waals surface area contributed by atoms with Crippen molar-refractivity contribution in [1.29, 1.82) is 0 Å². The SMILES string of the molecule is Cc1csc(CCNC(=O)c2ccc([N+](=O)[O-])c(Cl)c2)n1. The second-order valence-electron chi connectivity index (χ2n) is 4.31. The lowest BCUT2D eigenvalue weighted by molar-refractivity contribution is -0.384. The van der Waals surface area contributed by atoms with Crippen LogP contribution in [0.25, 0.3) is 0 Å². The summed E-state index contributed by atoms with van der Waals surface area (Å²) < 4.78 is 0. The fourth-order valence-electron chi connectivity index (χ4n) is 1.70. The zero-order chi connectivity index (χ0) is 15.4. The second-order valence-corrected chi connectivity index (χ2v) is 5.66. The molecule has 21 heavy (non-hydrogen) atoms. The number of amides is 1. The minimum atomic E-state index is -0.588. The van der Waals surface area contributed by atoms with Gasteiger partial charge in [0.2, 0.25) is 0 Å². The van der Waals surface area contributed by atoms with Gasteiger partial charge in [0.1, 0.15) is 5.02 Å². The summed E-state index contributed by atoms with van der Waals surface area (Å²) in [6.45, 7) is 2.36. The van der Waals surface area contributed by atoms with E-state index in [0.717, 1.165) is 10.7 Å². The van der Waals surface area contributed by atoms with Crippen LogP contribution >= 0.6 is 22.9 Å². The largest absolute Gasteiger partial charge is 0.352 e. The number of halogens is 1. The molecule has 1 amide bonds. The molecule has 0 aliphatic heterocycles. The van der Waals surface area contributed by atoms with Gasteiger partial charge in [-0.3, -0.25) is 14.9 Å². The van der Waals surface area contributed by atoms with E-state index in [0.29, 0.717) is 18.5 Å². The van der Waals surface area contributed by atoms with Crippen molar-refractivity contribution in [3.8, 4) is 0 Å². The summed E-state index contributed by atoms with van der Waals surface area (Å²) in [5, 5.41) is 16.2. The highest BCUT2D eigenvalue weighted by molar-refractivity contribution is 7.09. The normalized spacial score (nSPS) is 10.4. The van der Waals surface area contributed by atoms with Gasteiger partial charge >= 0.3 is 0 Å². The van der Waals surface area contributed by atoms with Gasteiger partial charge in [-0.25, -0.2) is 4.98 Å². The van der Waals surface area contributed by atoms with Crippen molar-refractivity contribution < 1.29 is 9.72 Å². The van der Waals surface area contributed by atoms with E-state index in [9.17, 15) is 14.9 Å². The third-order valence-corrected chi connectivity index (χ3v) is 4.03. The maximum atomic E-state index is 11.9. The maximum absolute atomic E-state index is 11.9. The summed E-state index contributed by atoms with van der Waals surface area (Å²) >= 11 is 7.32. The Bertz CT molecular complexity index is 687. The van der Waals surface area contributed by atoms with Gasteiger partial charge in [-0.2, -0.15) is 0 Å². The molecule has 1 heterocycles. The fourth-order valence-corrected chi connectivity index (χ4v) is 2.72. The van der Waals surface area contributed by atoms with Crippen LogP contribution in [0.3, 0.4) is 0 Å². The van der Waals surface area contributed by atoms with E-state index in [2.05, 4.69) is 10.3 Å². The van der Waals surface area contributed by atoms with Gasteiger partial charge in [0, 0.05) is 35.7 Å². The molecule has 0 bridgehead atoms. The zero-order valence-corrected chi connectivity index (χ0v) is 12.7. The smallest absolute Gasteiger partial charge is 0.287 e. The van der Waals surface area contributed by atoms with Crippen LogP contribution in [0.15, 0.2) is 23.6 Å². The molecule has 0 saturated heterocycles. The van der Waals surface area contributed by atoms with Gasteiger partial charge in [-0.05, 0) is 19.1 Å². The lowest BCUT2D eigenvalue weighted by Crippen LogP contribution is -2.25. The quantitative estimate of drug-likeness (QED) is 0.676. The van der Waals surface area contributed by atoms with Crippen molar-refractivity contribution in [1.82, 2.24) is 10.3 Å². The number of carbonyl (C=O) groups is 1. The molecule has 0 fully saturated rings. The highest BCUT2D eigenvalue weighted by Gasteiger charge is 2.15. The van der Waals surface area contributed by atoms with E-state index in [-0.39, 0.29) is 16.6 Å². The van der Waals surface area contributed by atoms with Crippen molar-refractivity contribution in [3.05, 3.63) is 55.0 Å². The number of thiazole rings is 1. The summed E-state index contributed by atoms with van der Waals surface area (Å²) in [6.07, 6.45) is 0.644. The molecule has 110 valence electrons. The van der Waals surface area contributed by atoms with E-state index < -0.39 is 4.92 Å². The van der Waals surface area contributed by atoms with Gasteiger partial charge in [0.25, 0.3) is 11.6 Å². The molecule has 1 aromatic carbocycles. The first-order chi connectivity index (χ1) is 9.97. The maximum Gasteiger partial charge on any atom is 0.287 e. The summed E-state index contributed by atoms with van der Waals surface area (Å²) in [5.41, 5.74) is 1.04. The van der Waals surface area contributed by atoms with E-state index in [4.69, 9.17) is 11.6 Å². The van der Waals surface area contributed by atoms with Crippen molar-refractivity contribution in [2.24, 2.45) is 0 Å². The lowest BCUT2D eigenvalue weighted by atomic mass is 10.2. The third-order valence-electron chi connectivity index (χ3n) is 2.70. The van der Waals surface area contributed by atoms with Crippen LogP contribution in [-0.4, -0.2) is 22.4 Å². The number of aromatic nitrogens is 1. The minimum absolute atomic E-state index is 0.0526. The van der Waals surface area contributed by atoms with Gasteiger partial charge in [-0.15, -0.1) is 11.3 Å². The Labute approximate surface area is 129 Å². The topological polar surface area (TPSA) is 85.1 Å². The van der Waals surface area contributed by atoms with Crippen LogP contribution in [0.4, 0.5) is 5.69 Å². The monoisotopic (exact) mass is 325 g/mol. The Morgan fingerprint density at radius 3 is 2.86 bits per heavy atom.